The fraction of sp³-hybridized carbons (Fsp3) is 0.273. The summed E-state index contributed by atoms with van der Waals surface area (Å²) in [4.78, 5) is 21.7. The van der Waals surface area contributed by atoms with Crippen LogP contribution in [0.1, 0.15) is 15.9 Å². The monoisotopic (exact) mass is 255 g/mol. The molecular weight excluding hydrogens is 242 g/mol. The zero-order valence-electron chi connectivity index (χ0n) is 9.58. The van der Waals surface area contributed by atoms with Gasteiger partial charge < -0.3 is 25.8 Å². The van der Waals surface area contributed by atoms with E-state index in [1.54, 1.807) is 0 Å². The summed E-state index contributed by atoms with van der Waals surface area (Å²) in [5.74, 6) is -2.88. The summed E-state index contributed by atoms with van der Waals surface area (Å²) in [7, 11) is 1.34. The summed E-state index contributed by atoms with van der Waals surface area (Å²) in [6, 6.07) is 1.22. The second kappa shape index (κ2) is 5.37. The number of carboxylic acid groups (broad SMARTS) is 2. The van der Waals surface area contributed by atoms with Gasteiger partial charge in [-0.3, -0.25) is 4.79 Å². The Morgan fingerprint density at radius 3 is 2.44 bits per heavy atom. The number of aromatic hydroxyl groups is 1. The van der Waals surface area contributed by atoms with E-state index in [0.29, 0.717) is 0 Å². The SMILES string of the molecule is COc1cc(O)c(C(=O)O)c(CC(N)C(=O)O)c1. The molecule has 1 rings (SSSR count). The van der Waals surface area contributed by atoms with E-state index in [9.17, 15) is 14.7 Å². The molecule has 0 fully saturated rings. The van der Waals surface area contributed by atoms with Crippen LogP contribution in [0.25, 0.3) is 0 Å². The summed E-state index contributed by atoms with van der Waals surface area (Å²) < 4.78 is 4.87. The lowest BCUT2D eigenvalue weighted by atomic mass is 9.99. The third kappa shape index (κ3) is 2.89. The van der Waals surface area contributed by atoms with E-state index < -0.39 is 23.7 Å². The Morgan fingerprint density at radius 2 is 2.00 bits per heavy atom. The Morgan fingerprint density at radius 1 is 1.39 bits per heavy atom. The number of nitrogens with two attached hydrogens (primary N) is 1. The molecule has 5 N–H and O–H groups in total. The molecule has 7 heteroatoms. The molecule has 0 aromatic heterocycles. The van der Waals surface area contributed by atoms with Gasteiger partial charge in [0.15, 0.2) is 0 Å². The molecule has 0 aliphatic rings. The van der Waals surface area contributed by atoms with Crippen LogP contribution in [0.3, 0.4) is 0 Å². The Balaban J connectivity index is 3.25. The van der Waals surface area contributed by atoms with Gasteiger partial charge in [0.25, 0.3) is 0 Å². The Hall–Kier alpha value is -2.28. The number of methoxy groups -OCH3 is 1. The van der Waals surface area contributed by atoms with Crippen LogP contribution in [0.15, 0.2) is 12.1 Å². The standard InChI is InChI=1S/C11H13NO6/c1-18-6-2-5(3-7(12)10(14)15)9(11(16)17)8(13)4-6/h2,4,7,13H,3,12H2,1H3,(H,14,15)(H,16,17). The maximum absolute atomic E-state index is 11.0. The van der Waals surface area contributed by atoms with Gasteiger partial charge in [0.1, 0.15) is 23.1 Å². The fourth-order valence-electron chi connectivity index (χ4n) is 1.51. The van der Waals surface area contributed by atoms with E-state index in [0.717, 1.165) is 6.07 Å². The zero-order valence-corrected chi connectivity index (χ0v) is 9.58. The van der Waals surface area contributed by atoms with Crippen molar-refractivity contribution in [1.29, 1.82) is 0 Å². The van der Waals surface area contributed by atoms with Crippen molar-refractivity contribution in [2.24, 2.45) is 5.73 Å². The molecule has 1 unspecified atom stereocenters. The molecule has 0 spiro atoms. The van der Waals surface area contributed by atoms with Gasteiger partial charge in [0.05, 0.1) is 7.11 Å². The Labute approximate surface area is 102 Å². The molecular formula is C11H13NO6. The molecule has 0 heterocycles. The van der Waals surface area contributed by atoms with Crippen molar-refractivity contribution >= 4 is 11.9 Å². The molecule has 0 aliphatic carbocycles. The molecule has 7 nitrogen and oxygen atoms in total. The first-order valence-corrected chi connectivity index (χ1v) is 4.98. The fourth-order valence-corrected chi connectivity index (χ4v) is 1.51. The minimum atomic E-state index is -1.36. The van der Waals surface area contributed by atoms with Gasteiger partial charge in [0, 0.05) is 6.07 Å². The first-order chi connectivity index (χ1) is 8.36. The average Bonchev–Trinajstić information content (AvgIpc) is 2.27. The average molecular weight is 255 g/mol. The van der Waals surface area contributed by atoms with E-state index in [2.05, 4.69) is 0 Å². The van der Waals surface area contributed by atoms with Gasteiger partial charge in [-0.15, -0.1) is 0 Å². The second-order valence-corrected chi connectivity index (χ2v) is 3.63. The van der Waals surface area contributed by atoms with Gasteiger partial charge in [-0.25, -0.2) is 4.79 Å². The van der Waals surface area contributed by atoms with E-state index in [1.807, 2.05) is 0 Å². The number of rotatable bonds is 5. The predicted molar refractivity (Wildman–Crippen MR) is 60.9 cm³/mol. The van der Waals surface area contributed by atoms with Crippen LogP contribution >= 0.6 is 0 Å². The molecule has 1 aromatic carbocycles. The molecule has 18 heavy (non-hydrogen) atoms. The van der Waals surface area contributed by atoms with Crippen LogP contribution in [0, 0.1) is 0 Å². The second-order valence-electron chi connectivity index (χ2n) is 3.63. The third-order valence-electron chi connectivity index (χ3n) is 2.38. The van der Waals surface area contributed by atoms with E-state index in [1.165, 1.54) is 13.2 Å². The number of phenols is 1. The first-order valence-electron chi connectivity index (χ1n) is 4.98. The predicted octanol–water partition coefficient (Wildman–Crippen LogP) is 0.0534. The highest BCUT2D eigenvalue weighted by molar-refractivity contribution is 5.93. The van der Waals surface area contributed by atoms with Gasteiger partial charge in [-0.1, -0.05) is 0 Å². The summed E-state index contributed by atoms with van der Waals surface area (Å²) in [6.07, 6.45) is -0.221. The van der Waals surface area contributed by atoms with Crippen molar-refractivity contribution in [3.05, 3.63) is 23.3 Å². The lowest BCUT2D eigenvalue weighted by molar-refractivity contribution is -0.138. The highest BCUT2D eigenvalue weighted by atomic mass is 16.5. The summed E-state index contributed by atoms with van der Waals surface area (Å²) in [5, 5.41) is 27.3. The molecule has 0 amide bonds. The number of carboxylic acids is 2. The number of aromatic carboxylic acids is 1. The lowest BCUT2D eigenvalue weighted by Gasteiger charge is -2.12. The topological polar surface area (TPSA) is 130 Å². The molecule has 1 atom stereocenters. The van der Waals surface area contributed by atoms with Crippen molar-refractivity contribution < 1.29 is 29.6 Å². The van der Waals surface area contributed by atoms with Crippen LogP contribution in [0.5, 0.6) is 11.5 Å². The summed E-state index contributed by atoms with van der Waals surface area (Å²) in [5.41, 5.74) is 5.08. The normalized spacial score (nSPS) is 11.9. The van der Waals surface area contributed by atoms with Gasteiger partial charge in [-0.05, 0) is 18.1 Å². The maximum atomic E-state index is 11.0. The van der Waals surface area contributed by atoms with Crippen molar-refractivity contribution in [2.45, 2.75) is 12.5 Å². The molecule has 0 bridgehead atoms. The van der Waals surface area contributed by atoms with Crippen molar-refractivity contribution in [2.75, 3.05) is 7.11 Å². The number of carbonyl (C=O) groups is 2. The molecule has 0 radical (unpaired) electrons. The van der Waals surface area contributed by atoms with Crippen LogP contribution in [-0.4, -0.2) is 40.4 Å². The highest BCUT2D eigenvalue weighted by Gasteiger charge is 2.21. The smallest absolute Gasteiger partial charge is 0.339 e. The molecule has 0 saturated carbocycles. The lowest BCUT2D eigenvalue weighted by Crippen LogP contribution is -2.32. The van der Waals surface area contributed by atoms with Gasteiger partial charge in [-0.2, -0.15) is 0 Å². The van der Waals surface area contributed by atoms with Crippen LogP contribution in [0.2, 0.25) is 0 Å². The van der Waals surface area contributed by atoms with Gasteiger partial charge >= 0.3 is 11.9 Å². The largest absolute Gasteiger partial charge is 0.507 e. The van der Waals surface area contributed by atoms with E-state index >= 15 is 0 Å². The molecule has 1 aromatic rings. The number of ether oxygens (including phenoxy) is 1. The summed E-state index contributed by atoms with van der Waals surface area (Å²) in [6.45, 7) is 0. The molecule has 0 aliphatic heterocycles. The summed E-state index contributed by atoms with van der Waals surface area (Å²) >= 11 is 0. The minimum Gasteiger partial charge on any atom is -0.507 e. The van der Waals surface area contributed by atoms with Crippen LogP contribution < -0.4 is 10.5 Å². The van der Waals surface area contributed by atoms with Gasteiger partial charge in [0.2, 0.25) is 0 Å². The Bertz CT molecular complexity index is 485. The van der Waals surface area contributed by atoms with E-state index in [4.69, 9.17) is 20.7 Å². The van der Waals surface area contributed by atoms with E-state index in [-0.39, 0.29) is 23.3 Å². The number of benzene rings is 1. The van der Waals surface area contributed by atoms with Crippen LogP contribution in [0.4, 0.5) is 0 Å². The quantitative estimate of drug-likeness (QED) is 0.584. The maximum Gasteiger partial charge on any atom is 0.339 e. The Kier molecular flexibility index (Phi) is 4.11. The van der Waals surface area contributed by atoms with Crippen molar-refractivity contribution in [1.82, 2.24) is 0 Å². The number of aliphatic carboxylic acids is 1. The molecule has 0 saturated heterocycles. The minimum absolute atomic E-state index is 0.106. The number of hydrogen-bond acceptors (Lipinski definition) is 5. The first kappa shape index (κ1) is 13.8. The van der Waals surface area contributed by atoms with Crippen molar-refractivity contribution in [3.8, 4) is 11.5 Å². The third-order valence-corrected chi connectivity index (χ3v) is 2.38. The number of hydrogen-bond donors (Lipinski definition) is 4. The highest BCUT2D eigenvalue weighted by Crippen LogP contribution is 2.28. The van der Waals surface area contributed by atoms with Crippen molar-refractivity contribution in [3.63, 3.8) is 0 Å². The van der Waals surface area contributed by atoms with Crippen LogP contribution in [-0.2, 0) is 11.2 Å². The molecule has 98 valence electrons. The zero-order chi connectivity index (χ0) is 13.9.